The minimum Gasteiger partial charge on any atom is -0.465 e. The van der Waals surface area contributed by atoms with E-state index in [-0.39, 0.29) is 22.0 Å². The number of para-hydroxylation sites is 1. The van der Waals surface area contributed by atoms with Gasteiger partial charge in [0.1, 0.15) is 5.82 Å². The number of hydrogen-bond donors (Lipinski definition) is 2. The third kappa shape index (κ3) is 4.08. The summed E-state index contributed by atoms with van der Waals surface area (Å²) in [7, 11) is 1.20. The van der Waals surface area contributed by atoms with Gasteiger partial charge in [-0.3, -0.25) is 9.59 Å². The number of methoxy groups -OCH3 is 1. The molecule has 0 aromatic heterocycles. The summed E-state index contributed by atoms with van der Waals surface area (Å²) >= 11 is 5.60. The lowest BCUT2D eigenvalue weighted by atomic mass is 10.2. The molecule has 24 heavy (non-hydrogen) atoms. The van der Waals surface area contributed by atoms with Gasteiger partial charge in [0.2, 0.25) is 0 Å². The lowest BCUT2D eigenvalue weighted by Crippen LogP contribution is -2.29. The van der Waals surface area contributed by atoms with E-state index in [1.54, 1.807) is 12.1 Å². The molecule has 8 heteroatoms. The Morgan fingerprint density at radius 3 is 2.38 bits per heavy atom. The van der Waals surface area contributed by atoms with E-state index in [0.29, 0.717) is 0 Å². The molecular formula is C16H12ClFN2O4. The highest BCUT2D eigenvalue weighted by Crippen LogP contribution is 2.20. The van der Waals surface area contributed by atoms with E-state index in [1.807, 2.05) is 0 Å². The third-order valence-corrected chi connectivity index (χ3v) is 3.25. The molecule has 0 bridgehead atoms. The van der Waals surface area contributed by atoms with Gasteiger partial charge < -0.3 is 15.4 Å². The molecule has 2 amide bonds. The van der Waals surface area contributed by atoms with Crippen LogP contribution in [0.2, 0.25) is 5.02 Å². The standard InChI is InChI=1S/C16H12ClFN2O4/c1-24-16(23)10-4-2-3-5-13(10)20-15(22)14(21)19-9-6-7-12(18)11(17)8-9/h2-8H,1H3,(H,19,21)(H,20,22). The van der Waals surface area contributed by atoms with E-state index in [9.17, 15) is 18.8 Å². The summed E-state index contributed by atoms with van der Waals surface area (Å²) in [6, 6.07) is 9.55. The van der Waals surface area contributed by atoms with Gasteiger partial charge in [0, 0.05) is 5.69 Å². The number of esters is 1. The topological polar surface area (TPSA) is 84.5 Å². The second-order valence-corrected chi connectivity index (χ2v) is 4.98. The first kappa shape index (κ1) is 17.4. The average Bonchev–Trinajstić information content (AvgIpc) is 2.58. The van der Waals surface area contributed by atoms with Gasteiger partial charge in [0.25, 0.3) is 0 Å². The van der Waals surface area contributed by atoms with E-state index in [0.717, 1.165) is 6.07 Å². The molecule has 0 radical (unpaired) electrons. The summed E-state index contributed by atoms with van der Waals surface area (Å²) in [6.45, 7) is 0. The van der Waals surface area contributed by atoms with Crippen LogP contribution >= 0.6 is 11.6 Å². The molecule has 0 aliphatic rings. The molecule has 0 aliphatic heterocycles. The van der Waals surface area contributed by atoms with Gasteiger partial charge >= 0.3 is 17.8 Å². The van der Waals surface area contributed by atoms with Crippen LogP contribution in [0.5, 0.6) is 0 Å². The number of nitrogens with one attached hydrogen (secondary N) is 2. The highest BCUT2D eigenvalue weighted by Gasteiger charge is 2.18. The fraction of sp³-hybridized carbons (Fsp3) is 0.0625. The van der Waals surface area contributed by atoms with Crippen molar-refractivity contribution in [1.29, 1.82) is 0 Å². The number of carbonyl (C=O) groups excluding carboxylic acids is 3. The summed E-state index contributed by atoms with van der Waals surface area (Å²) in [5.41, 5.74) is 0.385. The normalized spacial score (nSPS) is 9.96. The van der Waals surface area contributed by atoms with Gasteiger partial charge in [-0.05, 0) is 30.3 Å². The van der Waals surface area contributed by atoms with E-state index >= 15 is 0 Å². The van der Waals surface area contributed by atoms with Crippen molar-refractivity contribution in [2.45, 2.75) is 0 Å². The predicted molar refractivity (Wildman–Crippen MR) is 86.5 cm³/mol. The summed E-state index contributed by atoms with van der Waals surface area (Å²) in [5.74, 6) is -3.31. The number of amides is 2. The van der Waals surface area contributed by atoms with Gasteiger partial charge in [0.05, 0.1) is 23.4 Å². The Balaban J connectivity index is 2.11. The van der Waals surface area contributed by atoms with Crippen molar-refractivity contribution >= 4 is 40.8 Å². The average molecular weight is 351 g/mol. The SMILES string of the molecule is COC(=O)c1ccccc1NC(=O)C(=O)Nc1ccc(F)c(Cl)c1. The van der Waals surface area contributed by atoms with Crippen LogP contribution in [0.1, 0.15) is 10.4 Å². The summed E-state index contributed by atoms with van der Waals surface area (Å²) < 4.78 is 17.7. The lowest BCUT2D eigenvalue weighted by Gasteiger charge is -2.10. The molecule has 2 aromatic carbocycles. The van der Waals surface area contributed by atoms with Crippen molar-refractivity contribution in [2.75, 3.05) is 17.7 Å². The van der Waals surface area contributed by atoms with Crippen molar-refractivity contribution in [2.24, 2.45) is 0 Å². The van der Waals surface area contributed by atoms with Crippen LogP contribution < -0.4 is 10.6 Å². The van der Waals surface area contributed by atoms with Crippen LogP contribution in [0.25, 0.3) is 0 Å². The zero-order valence-corrected chi connectivity index (χ0v) is 13.2. The summed E-state index contributed by atoms with van der Waals surface area (Å²) in [6.07, 6.45) is 0. The number of carbonyl (C=O) groups is 3. The minimum absolute atomic E-state index is 0.103. The minimum atomic E-state index is -1.01. The molecule has 0 spiro atoms. The lowest BCUT2D eigenvalue weighted by molar-refractivity contribution is -0.133. The molecule has 124 valence electrons. The maximum absolute atomic E-state index is 13.1. The number of rotatable bonds is 3. The maximum Gasteiger partial charge on any atom is 0.339 e. The van der Waals surface area contributed by atoms with Crippen molar-refractivity contribution in [3.8, 4) is 0 Å². The van der Waals surface area contributed by atoms with Crippen molar-refractivity contribution in [3.05, 3.63) is 58.9 Å². The van der Waals surface area contributed by atoms with E-state index in [4.69, 9.17) is 11.6 Å². The monoisotopic (exact) mass is 350 g/mol. The van der Waals surface area contributed by atoms with Gasteiger partial charge in [-0.25, -0.2) is 9.18 Å². The summed E-state index contributed by atoms with van der Waals surface area (Å²) in [5, 5.41) is 4.40. The van der Waals surface area contributed by atoms with E-state index in [1.165, 1.54) is 31.4 Å². The van der Waals surface area contributed by atoms with E-state index in [2.05, 4.69) is 15.4 Å². The Hall–Kier alpha value is -2.93. The van der Waals surface area contributed by atoms with Crippen molar-refractivity contribution in [1.82, 2.24) is 0 Å². The van der Waals surface area contributed by atoms with Crippen LogP contribution in [0.4, 0.5) is 15.8 Å². The number of ether oxygens (including phenoxy) is 1. The third-order valence-electron chi connectivity index (χ3n) is 2.96. The first-order chi connectivity index (χ1) is 11.4. The smallest absolute Gasteiger partial charge is 0.339 e. The molecule has 2 N–H and O–H groups in total. The van der Waals surface area contributed by atoms with Gasteiger partial charge in [-0.2, -0.15) is 0 Å². The Morgan fingerprint density at radius 2 is 1.71 bits per heavy atom. The van der Waals surface area contributed by atoms with E-state index < -0.39 is 23.6 Å². The van der Waals surface area contributed by atoms with Crippen LogP contribution in [0, 0.1) is 5.82 Å². The number of benzene rings is 2. The first-order valence-electron chi connectivity index (χ1n) is 6.67. The van der Waals surface area contributed by atoms with Gasteiger partial charge in [-0.15, -0.1) is 0 Å². The maximum atomic E-state index is 13.1. The zero-order valence-electron chi connectivity index (χ0n) is 12.4. The molecule has 0 heterocycles. The second kappa shape index (κ2) is 7.56. The Labute approximate surface area is 141 Å². The molecule has 0 aliphatic carbocycles. The largest absolute Gasteiger partial charge is 0.465 e. The first-order valence-corrected chi connectivity index (χ1v) is 7.05. The Bertz CT molecular complexity index is 810. The molecule has 0 saturated carbocycles. The Kier molecular flexibility index (Phi) is 5.49. The van der Waals surface area contributed by atoms with Gasteiger partial charge in [0.15, 0.2) is 0 Å². The van der Waals surface area contributed by atoms with Gasteiger partial charge in [-0.1, -0.05) is 23.7 Å². The van der Waals surface area contributed by atoms with Crippen LogP contribution in [-0.2, 0) is 14.3 Å². The quantitative estimate of drug-likeness (QED) is 0.658. The zero-order chi connectivity index (χ0) is 17.7. The molecule has 0 fully saturated rings. The predicted octanol–water partition coefficient (Wildman–Crippen LogP) is 2.84. The molecule has 2 aromatic rings. The molecular weight excluding hydrogens is 339 g/mol. The molecule has 0 atom stereocenters. The molecule has 0 saturated heterocycles. The highest BCUT2D eigenvalue weighted by molar-refractivity contribution is 6.44. The van der Waals surface area contributed by atoms with Crippen molar-refractivity contribution < 1.29 is 23.5 Å². The molecule has 6 nitrogen and oxygen atoms in total. The van der Waals surface area contributed by atoms with Crippen LogP contribution in [0.15, 0.2) is 42.5 Å². The fourth-order valence-electron chi connectivity index (χ4n) is 1.82. The summed E-state index contributed by atoms with van der Waals surface area (Å²) in [4.78, 5) is 35.5. The molecule has 0 unspecified atom stereocenters. The van der Waals surface area contributed by atoms with Crippen LogP contribution in [-0.4, -0.2) is 24.9 Å². The number of halogens is 2. The second-order valence-electron chi connectivity index (χ2n) is 4.57. The molecule has 2 rings (SSSR count). The highest BCUT2D eigenvalue weighted by atomic mass is 35.5. The Morgan fingerprint density at radius 1 is 1.04 bits per heavy atom. The fourth-order valence-corrected chi connectivity index (χ4v) is 2.00. The number of anilines is 2. The van der Waals surface area contributed by atoms with Crippen LogP contribution in [0.3, 0.4) is 0 Å². The van der Waals surface area contributed by atoms with Crippen molar-refractivity contribution in [3.63, 3.8) is 0 Å². The number of hydrogen-bond acceptors (Lipinski definition) is 4.